The average Bonchev–Trinajstić information content (AvgIpc) is 3.11. The molecule has 7 nitrogen and oxygen atoms in total. The standard InChI is InChI=1S/C22H23N3O4/c1-3-14-4-7-17(8-5-14)25-12-15(10-20(25)26)22(28)23-16-6-9-19-18(11-16)24-21(27)13(2)29-19/h4-9,11,13,15H,3,10,12H2,1-2H3,(H,23,28)(H,24,27)/t13-,15+/m0/s1. The van der Waals surface area contributed by atoms with E-state index in [0.29, 0.717) is 23.7 Å². The summed E-state index contributed by atoms with van der Waals surface area (Å²) in [7, 11) is 0. The lowest BCUT2D eigenvalue weighted by atomic mass is 10.1. The molecule has 2 aromatic rings. The number of hydrogen-bond acceptors (Lipinski definition) is 4. The van der Waals surface area contributed by atoms with Crippen LogP contribution in [0.25, 0.3) is 0 Å². The molecule has 1 saturated heterocycles. The van der Waals surface area contributed by atoms with Gasteiger partial charge in [-0.2, -0.15) is 0 Å². The van der Waals surface area contributed by atoms with Crippen LogP contribution in [0.3, 0.4) is 0 Å². The van der Waals surface area contributed by atoms with Crippen molar-refractivity contribution in [2.75, 3.05) is 22.1 Å². The van der Waals surface area contributed by atoms with Crippen molar-refractivity contribution >= 4 is 34.8 Å². The molecule has 0 unspecified atom stereocenters. The average molecular weight is 393 g/mol. The summed E-state index contributed by atoms with van der Waals surface area (Å²) in [5, 5.41) is 5.61. The second-order valence-electron chi connectivity index (χ2n) is 7.37. The van der Waals surface area contributed by atoms with E-state index in [0.717, 1.165) is 12.1 Å². The summed E-state index contributed by atoms with van der Waals surface area (Å²) < 4.78 is 5.52. The molecule has 0 spiro atoms. The highest BCUT2D eigenvalue weighted by Gasteiger charge is 2.35. The van der Waals surface area contributed by atoms with E-state index in [2.05, 4.69) is 17.6 Å². The Bertz CT molecular complexity index is 971. The van der Waals surface area contributed by atoms with Crippen LogP contribution in [0.2, 0.25) is 0 Å². The summed E-state index contributed by atoms with van der Waals surface area (Å²) in [6.07, 6.45) is 0.554. The minimum atomic E-state index is -0.551. The highest BCUT2D eigenvalue weighted by molar-refractivity contribution is 6.04. The molecular weight excluding hydrogens is 370 g/mol. The first-order chi connectivity index (χ1) is 13.9. The van der Waals surface area contributed by atoms with Gasteiger partial charge in [0.1, 0.15) is 5.75 Å². The first-order valence-electron chi connectivity index (χ1n) is 9.76. The molecule has 3 amide bonds. The van der Waals surface area contributed by atoms with Gasteiger partial charge in [-0.05, 0) is 49.2 Å². The first kappa shape index (κ1) is 19.0. The van der Waals surface area contributed by atoms with Crippen molar-refractivity contribution in [1.29, 1.82) is 0 Å². The fourth-order valence-electron chi connectivity index (χ4n) is 3.58. The predicted octanol–water partition coefficient (Wildman–Crippen LogP) is 2.96. The quantitative estimate of drug-likeness (QED) is 0.836. The zero-order valence-corrected chi connectivity index (χ0v) is 16.4. The van der Waals surface area contributed by atoms with Crippen LogP contribution in [0.4, 0.5) is 17.1 Å². The summed E-state index contributed by atoms with van der Waals surface area (Å²) in [5.74, 6) is -0.382. The monoisotopic (exact) mass is 393 g/mol. The number of anilines is 3. The van der Waals surface area contributed by atoms with E-state index in [9.17, 15) is 14.4 Å². The van der Waals surface area contributed by atoms with Gasteiger partial charge >= 0.3 is 0 Å². The molecule has 2 N–H and O–H groups in total. The van der Waals surface area contributed by atoms with Crippen molar-refractivity contribution in [3.05, 3.63) is 48.0 Å². The van der Waals surface area contributed by atoms with Crippen LogP contribution >= 0.6 is 0 Å². The SMILES string of the molecule is CCc1ccc(N2C[C@H](C(=O)Nc3ccc4c(c3)NC(=O)[C@H](C)O4)CC2=O)cc1. The molecule has 0 aliphatic carbocycles. The lowest BCUT2D eigenvalue weighted by Crippen LogP contribution is -2.34. The van der Waals surface area contributed by atoms with Crippen LogP contribution in [0.5, 0.6) is 5.75 Å². The van der Waals surface area contributed by atoms with Gasteiger partial charge < -0.3 is 20.3 Å². The second kappa shape index (κ2) is 7.58. The van der Waals surface area contributed by atoms with Gasteiger partial charge in [0, 0.05) is 24.3 Å². The van der Waals surface area contributed by atoms with E-state index in [1.807, 2.05) is 24.3 Å². The van der Waals surface area contributed by atoms with Crippen molar-refractivity contribution in [3.63, 3.8) is 0 Å². The molecule has 7 heteroatoms. The summed E-state index contributed by atoms with van der Waals surface area (Å²) in [6.45, 7) is 4.10. The van der Waals surface area contributed by atoms with E-state index in [-0.39, 0.29) is 24.1 Å². The molecule has 0 saturated carbocycles. The number of ether oxygens (including phenoxy) is 1. The Hall–Kier alpha value is -3.35. The molecule has 29 heavy (non-hydrogen) atoms. The fraction of sp³-hybridized carbons (Fsp3) is 0.318. The van der Waals surface area contributed by atoms with Crippen molar-refractivity contribution in [2.45, 2.75) is 32.8 Å². The van der Waals surface area contributed by atoms with Crippen molar-refractivity contribution in [1.82, 2.24) is 0 Å². The van der Waals surface area contributed by atoms with E-state index < -0.39 is 12.0 Å². The fourth-order valence-corrected chi connectivity index (χ4v) is 3.58. The Balaban J connectivity index is 1.43. The second-order valence-corrected chi connectivity index (χ2v) is 7.37. The minimum absolute atomic E-state index is 0.0607. The third-order valence-electron chi connectivity index (χ3n) is 5.33. The number of carbonyl (C=O) groups excluding carboxylic acids is 3. The maximum atomic E-state index is 12.7. The van der Waals surface area contributed by atoms with Gasteiger partial charge in [-0.15, -0.1) is 0 Å². The molecule has 0 radical (unpaired) electrons. The van der Waals surface area contributed by atoms with E-state index >= 15 is 0 Å². The van der Waals surface area contributed by atoms with Crippen LogP contribution in [-0.2, 0) is 20.8 Å². The van der Waals surface area contributed by atoms with Crippen molar-refractivity contribution < 1.29 is 19.1 Å². The Kier molecular flexibility index (Phi) is 4.96. The number of benzene rings is 2. The number of rotatable bonds is 4. The van der Waals surface area contributed by atoms with Crippen LogP contribution in [0.15, 0.2) is 42.5 Å². The molecule has 2 atom stereocenters. The number of nitrogens with one attached hydrogen (secondary N) is 2. The Labute approximate surface area is 169 Å². The Morgan fingerprint density at radius 2 is 1.97 bits per heavy atom. The van der Waals surface area contributed by atoms with Crippen LogP contribution < -0.4 is 20.3 Å². The summed E-state index contributed by atoms with van der Waals surface area (Å²) in [6, 6.07) is 12.9. The highest BCUT2D eigenvalue weighted by atomic mass is 16.5. The molecule has 2 aliphatic rings. The lowest BCUT2D eigenvalue weighted by Gasteiger charge is -2.24. The minimum Gasteiger partial charge on any atom is -0.479 e. The van der Waals surface area contributed by atoms with E-state index in [1.165, 1.54) is 5.56 Å². The number of nitrogens with zero attached hydrogens (tertiary/aromatic N) is 1. The van der Waals surface area contributed by atoms with Gasteiger partial charge in [0.2, 0.25) is 11.8 Å². The third kappa shape index (κ3) is 3.81. The van der Waals surface area contributed by atoms with Gasteiger partial charge in [-0.3, -0.25) is 14.4 Å². The maximum absolute atomic E-state index is 12.7. The summed E-state index contributed by atoms with van der Waals surface area (Å²) in [4.78, 5) is 38.6. The lowest BCUT2D eigenvalue weighted by molar-refractivity contribution is -0.122. The number of carbonyl (C=O) groups is 3. The van der Waals surface area contributed by atoms with Gasteiger partial charge in [-0.1, -0.05) is 19.1 Å². The van der Waals surface area contributed by atoms with Crippen LogP contribution in [0.1, 0.15) is 25.8 Å². The summed E-state index contributed by atoms with van der Waals surface area (Å²) >= 11 is 0. The highest BCUT2D eigenvalue weighted by Crippen LogP contribution is 2.33. The molecule has 2 aromatic carbocycles. The van der Waals surface area contributed by atoms with Gasteiger partial charge in [0.05, 0.1) is 11.6 Å². The largest absolute Gasteiger partial charge is 0.479 e. The van der Waals surface area contributed by atoms with E-state index in [4.69, 9.17) is 4.74 Å². The molecule has 150 valence electrons. The molecule has 2 heterocycles. The molecule has 0 bridgehead atoms. The molecule has 2 aliphatic heterocycles. The normalized spacial score (nSPS) is 20.7. The zero-order valence-electron chi connectivity index (χ0n) is 16.4. The molecule has 0 aromatic heterocycles. The van der Waals surface area contributed by atoms with E-state index in [1.54, 1.807) is 30.0 Å². The number of aryl methyl sites for hydroxylation is 1. The zero-order chi connectivity index (χ0) is 20.5. The van der Waals surface area contributed by atoms with Gasteiger partial charge in [0.25, 0.3) is 5.91 Å². The molecule has 4 rings (SSSR count). The number of fused-ring (bicyclic) bond motifs is 1. The van der Waals surface area contributed by atoms with Crippen molar-refractivity contribution in [2.24, 2.45) is 5.92 Å². The van der Waals surface area contributed by atoms with Gasteiger partial charge in [0.15, 0.2) is 6.10 Å². The predicted molar refractivity (Wildman–Crippen MR) is 110 cm³/mol. The smallest absolute Gasteiger partial charge is 0.265 e. The Morgan fingerprint density at radius 3 is 2.69 bits per heavy atom. The van der Waals surface area contributed by atoms with Crippen LogP contribution in [0, 0.1) is 5.92 Å². The number of amides is 3. The third-order valence-corrected chi connectivity index (χ3v) is 5.33. The first-order valence-corrected chi connectivity index (χ1v) is 9.76. The van der Waals surface area contributed by atoms with Gasteiger partial charge in [-0.25, -0.2) is 0 Å². The number of hydrogen-bond donors (Lipinski definition) is 2. The maximum Gasteiger partial charge on any atom is 0.265 e. The van der Waals surface area contributed by atoms with Crippen LogP contribution in [-0.4, -0.2) is 30.4 Å². The molecule has 1 fully saturated rings. The summed E-state index contributed by atoms with van der Waals surface area (Å²) in [5.41, 5.74) is 3.08. The van der Waals surface area contributed by atoms with Crippen molar-refractivity contribution in [3.8, 4) is 5.75 Å². The molecular formula is C22H23N3O4. The topological polar surface area (TPSA) is 87.7 Å². The Morgan fingerprint density at radius 1 is 1.21 bits per heavy atom.